The molecular weight excluding hydrogens is 410 g/mol. The Morgan fingerprint density at radius 2 is 1.76 bits per heavy atom. The Labute approximate surface area is 197 Å². The number of esters is 1. The maximum absolute atomic E-state index is 12.0. The summed E-state index contributed by atoms with van der Waals surface area (Å²) in [4.78, 5) is 12.0. The zero-order chi connectivity index (χ0) is 23.2. The van der Waals surface area contributed by atoms with Crippen molar-refractivity contribution in [3.8, 4) is 5.75 Å². The van der Waals surface area contributed by atoms with E-state index >= 15 is 0 Å². The van der Waals surface area contributed by atoms with Gasteiger partial charge in [-0.2, -0.15) is 0 Å². The second-order valence-corrected chi connectivity index (χ2v) is 9.00. The molecule has 1 N–H and O–H groups in total. The lowest BCUT2D eigenvalue weighted by Gasteiger charge is -2.22. The van der Waals surface area contributed by atoms with Crippen molar-refractivity contribution in [2.45, 2.75) is 70.6 Å². The number of rotatable bonds is 9. The van der Waals surface area contributed by atoms with Crippen molar-refractivity contribution in [1.29, 1.82) is 0 Å². The molecular formula is C29H35NO3. The zero-order valence-corrected chi connectivity index (χ0v) is 19.9. The molecule has 1 fully saturated rings. The van der Waals surface area contributed by atoms with E-state index < -0.39 is 6.10 Å². The molecule has 0 spiro atoms. The lowest BCUT2D eigenvalue weighted by molar-refractivity contribution is -0.151. The molecule has 3 aromatic rings. The van der Waals surface area contributed by atoms with Gasteiger partial charge in [0.15, 0.2) is 6.10 Å². The van der Waals surface area contributed by atoms with Gasteiger partial charge in [0.1, 0.15) is 5.75 Å². The molecule has 0 radical (unpaired) electrons. The van der Waals surface area contributed by atoms with E-state index in [9.17, 15) is 4.79 Å². The van der Waals surface area contributed by atoms with Gasteiger partial charge < -0.3 is 14.8 Å². The summed E-state index contributed by atoms with van der Waals surface area (Å²) in [6.07, 6.45) is 3.53. The Balaban J connectivity index is 1.35. The summed E-state index contributed by atoms with van der Waals surface area (Å²) in [5, 5.41) is 6.51. The lowest BCUT2D eigenvalue weighted by atomic mass is 9.96. The summed E-state index contributed by atoms with van der Waals surface area (Å²) in [5.74, 6) is 0.966. The minimum atomic E-state index is -0.550. The Kier molecular flexibility index (Phi) is 7.66. The van der Waals surface area contributed by atoms with E-state index in [1.165, 1.54) is 34.7 Å². The van der Waals surface area contributed by atoms with E-state index in [-0.39, 0.29) is 5.97 Å². The fourth-order valence-corrected chi connectivity index (χ4v) is 5.02. The van der Waals surface area contributed by atoms with E-state index in [0.29, 0.717) is 31.0 Å². The molecule has 4 nitrogen and oxygen atoms in total. The summed E-state index contributed by atoms with van der Waals surface area (Å²) in [6, 6.07) is 24.3. The molecule has 1 aliphatic rings. The van der Waals surface area contributed by atoms with Gasteiger partial charge in [0.25, 0.3) is 0 Å². The highest BCUT2D eigenvalue weighted by molar-refractivity contribution is 5.86. The molecule has 0 bridgehead atoms. The van der Waals surface area contributed by atoms with Crippen molar-refractivity contribution in [3.05, 3.63) is 77.9 Å². The SMILES string of the molecule is CCOC(=O)C(CC)Oc1ccc([C@@H]2CC[C@H](N[C@H](C)c3cccc4ccccc34)C2)cc1. The molecule has 3 aromatic carbocycles. The van der Waals surface area contributed by atoms with Gasteiger partial charge in [0.2, 0.25) is 0 Å². The molecule has 1 aliphatic carbocycles. The first-order valence-corrected chi connectivity index (χ1v) is 12.3. The van der Waals surface area contributed by atoms with Crippen molar-refractivity contribution >= 4 is 16.7 Å². The van der Waals surface area contributed by atoms with Crippen LogP contribution in [0.5, 0.6) is 5.75 Å². The van der Waals surface area contributed by atoms with Gasteiger partial charge in [-0.15, -0.1) is 0 Å². The Morgan fingerprint density at radius 1 is 1.00 bits per heavy atom. The molecule has 0 heterocycles. The van der Waals surface area contributed by atoms with Crippen LogP contribution in [0.4, 0.5) is 0 Å². The third-order valence-electron chi connectivity index (χ3n) is 6.76. The largest absolute Gasteiger partial charge is 0.479 e. The average molecular weight is 446 g/mol. The molecule has 4 rings (SSSR count). The molecule has 33 heavy (non-hydrogen) atoms. The van der Waals surface area contributed by atoms with Crippen LogP contribution >= 0.6 is 0 Å². The predicted molar refractivity (Wildman–Crippen MR) is 134 cm³/mol. The van der Waals surface area contributed by atoms with Crippen LogP contribution in [0.1, 0.15) is 69.5 Å². The molecule has 4 atom stereocenters. The second-order valence-electron chi connectivity index (χ2n) is 9.00. The monoisotopic (exact) mass is 445 g/mol. The van der Waals surface area contributed by atoms with Gasteiger partial charge >= 0.3 is 5.97 Å². The van der Waals surface area contributed by atoms with Gasteiger partial charge in [-0.25, -0.2) is 4.79 Å². The first-order valence-electron chi connectivity index (χ1n) is 12.3. The average Bonchev–Trinajstić information content (AvgIpc) is 3.31. The standard InChI is InChI=1S/C29H35NO3/c1-4-28(29(31)32-5-2)33-25-17-14-21(15-18-25)23-13-16-24(19-23)30-20(3)26-12-8-10-22-9-6-7-11-27(22)26/h6-12,14-15,17-18,20,23-24,28,30H,4-5,13,16,19H2,1-3H3/t20-,23-,24+,28?/m1/s1. The predicted octanol–water partition coefficient (Wildman–Crippen LogP) is 6.55. The summed E-state index contributed by atoms with van der Waals surface area (Å²) < 4.78 is 11.0. The zero-order valence-electron chi connectivity index (χ0n) is 19.9. The van der Waals surface area contributed by atoms with E-state index in [4.69, 9.17) is 9.47 Å². The summed E-state index contributed by atoms with van der Waals surface area (Å²) in [5.41, 5.74) is 2.71. The van der Waals surface area contributed by atoms with E-state index in [0.717, 1.165) is 12.2 Å². The molecule has 0 amide bonds. The third kappa shape index (κ3) is 5.56. The number of carbonyl (C=O) groups is 1. The Morgan fingerprint density at radius 3 is 2.52 bits per heavy atom. The van der Waals surface area contributed by atoms with E-state index in [2.05, 4.69) is 66.8 Å². The molecule has 4 heteroatoms. The quantitative estimate of drug-likeness (QED) is 0.380. The van der Waals surface area contributed by atoms with Gasteiger partial charge in [0, 0.05) is 12.1 Å². The van der Waals surface area contributed by atoms with Crippen molar-refractivity contribution in [1.82, 2.24) is 5.32 Å². The number of benzene rings is 3. The van der Waals surface area contributed by atoms with Crippen molar-refractivity contribution in [2.24, 2.45) is 0 Å². The third-order valence-corrected chi connectivity index (χ3v) is 6.76. The normalized spacial score (nSPS) is 19.8. The summed E-state index contributed by atoms with van der Waals surface area (Å²) >= 11 is 0. The maximum Gasteiger partial charge on any atom is 0.347 e. The van der Waals surface area contributed by atoms with Crippen molar-refractivity contribution in [3.63, 3.8) is 0 Å². The van der Waals surface area contributed by atoms with Gasteiger partial charge in [-0.1, -0.05) is 61.5 Å². The van der Waals surface area contributed by atoms with Crippen LogP contribution in [-0.2, 0) is 9.53 Å². The Hall–Kier alpha value is -2.85. The minimum absolute atomic E-state index is 0.297. The molecule has 0 aromatic heterocycles. The van der Waals surface area contributed by atoms with Crippen LogP contribution < -0.4 is 10.1 Å². The molecule has 0 saturated heterocycles. The topological polar surface area (TPSA) is 47.6 Å². The molecule has 0 aliphatic heterocycles. The highest BCUT2D eigenvalue weighted by Gasteiger charge is 2.27. The van der Waals surface area contributed by atoms with Crippen molar-refractivity contribution < 1.29 is 14.3 Å². The highest BCUT2D eigenvalue weighted by Crippen LogP contribution is 2.36. The van der Waals surface area contributed by atoms with Crippen LogP contribution in [0.25, 0.3) is 10.8 Å². The number of hydrogen-bond donors (Lipinski definition) is 1. The number of fused-ring (bicyclic) bond motifs is 1. The minimum Gasteiger partial charge on any atom is -0.479 e. The highest BCUT2D eigenvalue weighted by atomic mass is 16.6. The number of nitrogens with one attached hydrogen (secondary N) is 1. The Bertz CT molecular complexity index is 1060. The van der Waals surface area contributed by atoms with E-state index in [1.807, 2.05) is 26.0 Å². The van der Waals surface area contributed by atoms with E-state index in [1.54, 1.807) is 0 Å². The lowest BCUT2D eigenvalue weighted by Crippen LogP contribution is -2.29. The number of hydrogen-bond acceptors (Lipinski definition) is 4. The van der Waals surface area contributed by atoms with Crippen LogP contribution in [0.3, 0.4) is 0 Å². The first-order chi connectivity index (χ1) is 16.1. The van der Waals surface area contributed by atoms with Crippen LogP contribution in [0, 0.1) is 0 Å². The molecule has 174 valence electrons. The summed E-state index contributed by atoms with van der Waals surface area (Å²) in [6.45, 7) is 6.38. The van der Waals surface area contributed by atoms with Gasteiger partial charge in [0.05, 0.1) is 6.61 Å². The van der Waals surface area contributed by atoms with Gasteiger partial charge in [-0.05, 0) is 79.5 Å². The number of carbonyl (C=O) groups excluding carboxylic acids is 1. The van der Waals surface area contributed by atoms with Gasteiger partial charge in [-0.3, -0.25) is 0 Å². The summed E-state index contributed by atoms with van der Waals surface area (Å²) in [7, 11) is 0. The van der Waals surface area contributed by atoms with Crippen LogP contribution in [0.15, 0.2) is 66.7 Å². The van der Waals surface area contributed by atoms with Crippen LogP contribution in [0.2, 0.25) is 0 Å². The smallest absolute Gasteiger partial charge is 0.347 e. The maximum atomic E-state index is 12.0. The molecule has 1 saturated carbocycles. The number of ether oxygens (including phenoxy) is 2. The fraction of sp³-hybridized carbons (Fsp3) is 0.414. The second kappa shape index (κ2) is 10.8. The first kappa shape index (κ1) is 23.3. The fourth-order valence-electron chi connectivity index (χ4n) is 5.02. The van der Waals surface area contributed by atoms with Crippen molar-refractivity contribution in [2.75, 3.05) is 6.61 Å². The van der Waals surface area contributed by atoms with Crippen LogP contribution in [-0.4, -0.2) is 24.7 Å². The molecule has 1 unspecified atom stereocenters.